The van der Waals surface area contributed by atoms with Crippen molar-refractivity contribution in [2.24, 2.45) is 0 Å². The summed E-state index contributed by atoms with van der Waals surface area (Å²) in [5, 5.41) is 11.6. The third kappa shape index (κ3) is 2.37. The van der Waals surface area contributed by atoms with Crippen molar-refractivity contribution >= 4 is 34.5 Å². The van der Waals surface area contributed by atoms with Gasteiger partial charge in [0.05, 0.1) is 11.9 Å². The van der Waals surface area contributed by atoms with Crippen LogP contribution in [0.5, 0.6) is 0 Å². The first kappa shape index (κ1) is 12.6. The number of hydrogen-bond acceptors (Lipinski definition) is 6. The molecule has 0 bridgehead atoms. The fourth-order valence-corrected chi connectivity index (χ4v) is 1.97. The highest BCUT2D eigenvalue weighted by Gasteiger charge is 2.13. The van der Waals surface area contributed by atoms with E-state index < -0.39 is 0 Å². The molecule has 0 aliphatic carbocycles. The number of thioether (sulfide) groups is 1. The molecule has 2 aromatic heterocycles. The van der Waals surface area contributed by atoms with Crippen molar-refractivity contribution in [3.63, 3.8) is 0 Å². The molecule has 0 saturated heterocycles. The fourth-order valence-electron chi connectivity index (χ4n) is 1.43. The number of nitrogens with zero attached hydrogens (tertiary/aromatic N) is 4. The smallest absolute Gasteiger partial charge is 0.241 e. The monoisotopic (exact) mass is 266 g/mol. The number of rotatable bonds is 4. The molecule has 2 aromatic rings. The third-order valence-electron chi connectivity index (χ3n) is 2.42. The van der Waals surface area contributed by atoms with Gasteiger partial charge in [-0.25, -0.2) is 9.97 Å². The number of nitrogens with one attached hydrogen (secondary N) is 2. The van der Waals surface area contributed by atoms with Crippen LogP contribution < -0.4 is 5.32 Å². The van der Waals surface area contributed by atoms with Gasteiger partial charge < -0.3 is 10.2 Å². The van der Waals surface area contributed by atoms with Gasteiger partial charge in [0.1, 0.15) is 17.2 Å². The Balaban J connectivity index is 2.27. The number of aromatic nitrogens is 4. The average molecular weight is 266 g/mol. The maximum Gasteiger partial charge on any atom is 0.241 e. The molecule has 0 aliphatic rings. The summed E-state index contributed by atoms with van der Waals surface area (Å²) in [6, 6.07) is 0. The van der Waals surface area contributed by atoms with Crippen LogP contribution in [0.3, 0.4) is 0 Å². The number of anilines is 1. The number of carbonyl (C=O) groups is 1. The molecule has 8 heteroatoms. The van der Waals surface area contributed by atoms with Gasteiger partial charge in [0, 0.05) is 14.1 Å². The van der Waals surface area contributed by atoms with E-state index in [-0.39, 0.29) is 12.5 Å². The highest BCUT2D eigenvalue weighted by Crippen LogP contribution is 2.27. The molecular formula is C10H14N6OS. The van der Waals surface area contributed by atoms with Crippen molar-refractivity contribution in [1.82, 2.24) is 25.1 Å². The maximum absolute atomic E-state index is 11.5. The predicted octanol–water partition coefficient (Wildman–Crippen LogP) is 0.575. The largest absolute Gasteiger partial charge is 0.360 e. The second-order valence-corrected chi connectivity index (χ2v) is 4.62. The fraction of sp³-hybridized carbons (Fsp3) is 0.400. The second-order valence-electron chi connectivity index (χ2n) is 3.82. The van der Waals surface area contributed by atoms with Gasteiger partial charge in [-0.15, -0.1) is 11.8 Å². The summed E-state index contributed by atoms with van der Waals surface area (Å²) in [6.07, 6.45) is 3.37. The zero-order valence-corrected chi connectivity index (χ0v) is 11.2. The van der Waals surface area contributed by atoms with Gasteiger partial charge in [0.15, 0.2) is 5.65 Å². The van der Waals surface area contributed by atoms with Crippen LogP contribution in [0.4, 0.5) is 5.82 Å². The minimum absolute atomic E-state index is 0.0176. The van der Waals surface area contributed by atoms with E-state index in [1.807, 2.05) is 6.26 Å². The molecule has 0 spiro atoms. The lowest BCUT2D eigenvalue weighted by Gasteiger charge is -2.11. The van der Waals surface area contributed by atoms with E-state index in [0.717, 1.165) is 10.4 Å². The molecule has 0 fully saturated rings. The number of hydrogen-bond donors (Lipinski definition) is 2. The van der Waals surface area contributed by atoms with Gasteiger partial charge in [-0.1, -0.05) is 0 Å². The topological polar surface area (TPSA) is 86.8 Å². The van der Waals surface area contributed by atoms with E-state index >= 15 is 0 Å². The quantitative estimate of drug-likeness (QED) is 0.787. The van der Waals surface area contributed by atoms with Crippen molar-refractivity contribution < 1.29 is 4.79 Å². The summed E-state index contributed by atoms with van der Waals surface area (Å²) in [6.45, 7) is 0.193. The van der Waals surface area contributed by atoms with Crippen LogP contribution in [-0.2, 0) is 4.79 Å². The first-order valence-corrected chi connectivity index (χ1v) is 6.53. The van der Waals surface area contributed by atoms with Crippen molar-refractivity contribution in [1.29, 1.82) is 0 Å². The molecule has 1 amide bonds. The van der Waals surface area contributed by atoms with E-state index in [1.54, 1.807) is 14.1 Å². The van der Waals surface area contributed by atoms with E-state index in [0.29, 0.717) is 11.5 Å². The SMILES string of the molecule is CSc1n[nH]c2ncnc(NCC(=O)N(C)C)c12. The molecule has 0 aromatic carbocycles. The Kier molecular flexibility index (Phi) is 3.66. The summed E-state index contributed by atoms with van der Waals surface area (Å²) in [4.78, 5) is 21.3. The molecule has 2 heterocycles. The Hall–Kier alpha value is -1.83. The Morgan fingerprint density at radius 3 is 2.94 bits per heavy atom. The molecular weight excluding hydrogens is 252 g/mol. The highest BCUT2D eigenvalue weighted by atomic mass is 32.2. The standard InChI is InChI=1S/C10H14N6OS/c1-16(2)6(17)4-11-8-7-9(13-5-12-8)14-15-10(7)18-3/h5H,4H2,1-3H3,(H2,11,12,13,14,15). The minimum Gasteiger partial charge on any atom is -0.360 e. The maximum atomic E-state index is 11.5. The highest BCUT2D eigenvalue weighted by molar-refractivity contribution is 7.98. The van der Waals surface area contributed by atoms with Crippen LogP contribution in [-0.4, -0.2) is 57.9 Å². The average Bonchev–Trinajstić information content (AvgIpc) is 2.79. The summed E-state index contributed by atoms with van der Waals surface area (Å²) in [7, 11) is 3.43. The molecule has 18 heavy (non-hydrogen) atoms. The van der Waals surface area contributed by atoms with Crippen molar-refractivity contribution in [2.45, 2.75) is 5.03 Å². The number of carbonyl (C=O) groups excluding carboxylic acids is 1. The molecule has 0 aliphatic heterocycles. The number of H-pyrrole nitrogens is 1. The summed E-state index contributed by atoms with van der Waals surface area (Å²) in [5.41, 5.74) is 0.661. The Morgan fingerprint density at radius 2 is 2.28 bits per heavy atom. The molecule has 0 unspecified atom stereocenters. The zero-order chi connectivity index (χ0) is 13.1. The first-order chi connectivity index (χ1) is 8.63. The first-order valence-electron chi connectivity index (χ1n) is 5.30. The Labute approximate surface area is 108 Å². The molecule has 0 atom stereocenters. The normalized spacial score (nSPS) is 10.6. The lowest BCUT2D eigenvalue weighted by Crippen LogP contribution is -2.28. The van der Waals surface area contributed by atoms with Crippen LogP contribution in [0, 0.1) is 0 Å². The number of aromatic amines is 1. The molecule has 0 radical (unpaired) electrons. The van der Waals surface area contributed by atoms with Gasteiger partial charge in [0.25, 0.3) is 0 Å². The van der Waals surface area contributed by atoms with Crippen LogP contribution in [0.1, 0.15) is 0 Å². The molecule has 7 nitrogen and oxygen atoms in total. The second kappa shape index (κ2) is 5.21. The number of likely N-dealkylation sites (N-methyl/N-ethyl adjacent to an activating group) is 1. The van der Waals surface area contributed by atoms with E-state index in [4.69, 9.17) is 0 Å². The van der Waals surface area contributed by atoms with Crippen molar-refractivity contribution in [2.75, 3.05) is 32.2 Å². The lowest BCUT2D eigenvalue weighted by atomic mass is 10.4. The minimum atomic E-state index is -0.0176. The number of fused-ring (bicyclic) bond motifs is 1. The summed E-state index contributed by atoms with van der Waals surface area (Å²) < 4.78 is 0. The van der Waals surface area contributed by atoms with E-state index in [9.17, 15) is 4.79 Å². The lowest BCUT2D eigenvalue weighted by molar-refractivity contribution is -0.126. The van der Waals surface area contributed by atoms with Gasteiger partial charge in [-0.05, 0) is 6.26 Å². The van der Waals surface area contributed by atoms with E-state index in [2.05, 4.69) is 25.5 Å². The Morgan fingerprint density at radius 1 is 1.50 bits per heavy atom. The van der Waals surface area contributed by atoms with Crippen LogP contribution in [0.15, 0.2) is 11.4 Å². The van der Waals surface area contributed by atoms with Crippen LogP contribution in [0.25, 0.3) is 11.0 Å². The van der Waals surface area contributed by atoms with Crippen LogP contribution in [0.2, 0.25) is 0 Å². The van der Waals surface area contributed by atoms with Crippen LogP contribution >= 0.6 is 11.8 Å². The van der Waals surface area contributed by atoms with Gasteiger partial charge >= 0.3 is 0 Å². The predicted molar refractivity (Wildman–Crippen MR) is 70.6 cm³/mol. The van der Waals surface area contributed by atoms with Gasteiger partial charge in [-0.3, -0.25) is 9.89 Å². The molecule has 2 N–H and O–H groups in total. The summed E-state index contributed by atoms with van der Waals surface area (Å²) >= 11 is 1.50. The third-order valence-corrected chi connectivity index (χ3v) is 3.11. The molecule has 0 saturated carbocycles. The molecule has 96 valence electrons. The molecule has 2 rings (SSSR count). The summed E-state index contributed by atoms with van der Waals surface area (Å²) in [5.74, 6) is 0.601. The Bertz CT molecular complexity index is 566. The number of amides is 1. The van der Waals surface area contributed by atoms with Crippen molar-refractivity contribution in [3.8, 4) is 0 Å². The van der Waals surface area contributed by atoms with Crippen molar-refractivity contribution in [3.05, 3.63) is 6.33 Å². The van der Waals surface area contributed by atoms with Gasteiger partial charge in [-0.2, -0.15) is 5.10 Å². The zero-order valence-electron chi connectivity index (χ0n) is 10.4. The van der Waals surface area contributed by atoms with Gasteiger partial charge in [0.2, 0.25) is 5.91 Å². The van der Waals surface area contributed by atoms with E-state index in [1.165, 1.54) is 23.0 Å².